The maximum atomic E-state index is 10.7. The number of rotatable bonds is 13. The predicted octanol–water partition coefficient (Wildman–Crippen LogP) is 5.10. The van der Waals surface area contributed by atoms with Crippen LogP contribution in [-0.4, -0.2) is 21.3 Å². The zero-order valence-electron chi connectivity index (χ0n) is 14.4. The van der Waals surface area contributed by atoms with Crippen LogP contribution in [-0.2, 0) is 14.3 Å². The Hall–Kier alpha value is -1.39. The molecule has 0 saturated carbocycles. The molecule has 4 heteroatoms. The van der Waals surface area contributed by atoms with Gasteiger partial charge in [0.25, 0.3) is 10.1 Å². The van der Waals surface area contributed by atoms with E-state index in [0.717, 1.165) is 38.4 Å². The van der Waals surface area contributed by atoms with Gasteiger partial charge in [0, 0.05) is 0 Å². The normalized spacial score (nSPS) is 13.7. The van der Waals surface area contributed by atoms with Crippen molar-refractivity contribution in [3.05, 3.63) is 60.8 Å². The van der Waals surface area contributed by atoms with Crippen molar-refractivity contribution in [2.45, 2.75) is 45.4 Å². The molecule has 0 heterocycles. The zero-order chi connectivity index (χ0) is 17.2. The van der Waals surface area contributed by atoms with E-state index in [0.29, 0.717) is 6.42 Å². The number of hydrogen-bond donors (Lipinski definition) is 0. The largest absolute Gasteiger partial charge is 0.270 e. The topological polar surface area (TPSA) is 43.4 Å². The first-order valence-electron chi connectivity index (χ1n) is 8.15. The molecule has 0 saturated heterocycles. The Morgan fingerprint density at radius 3 is 1.48 bits per heavy atom. The van der Waals surface area contributed by atoms with Gasteiger partial charge in [-0.05, 0) is 38.5 Å². The van der Waals surface area contributed by atoms with Gasteiger partial charge in [-0.3, -0.25) is 4.18 Å². The van der Waals surface area contributed by atoms with Crippen LogP contribution < -0.4 is 0 Å². The molecular weight excluding hydrogens is 308 g/mol. The Bertz CT molecular complexity index is 509. The molecule has 0 aromatic carbocycles. The highest BCUT2D eigenvalue weighted by Crippen LogP contribution is 1.96. The molecule has 130 valence electrons. The van der Waals surface area contributed by atoms with E-state index >= 15 is 0 Å². The fourth-order valence-electron chi connectivity index (χ4n) is 1.64. The first-order chi connectivity index (χ1) is 11.1. The molecule has 0 amide bonds. The van der Waals surface area contributed by atoms with E-state index in [2.05, 4.69) is 59.7 Å². The summed E-state index contributed by atoms with van der Waals surface area (Å²) in [4.78, 5) is 0. The van der Waals surface area contributed by atoms with Gasteiger partial charge in [-0.1, -0.05) is 67.7 Å². The van der Waals surface area contributed by atoms with Gasteiger partial charge in [0.2, 0.25) is 0 Å². The molecule has 0 aromatic rings. The molecule has 0 rings (SSSR count). The minimum Gasteiger partial charge on any atom is -0.270 e. The van der Waals surface area contributed by atoms with Crippen LogP contribution in [0.25, 0.3) is 0 Å². The second-order valence-electron chi connectivity index (χ2n) is 5.02. The van der Waals surface area contributed by atoms with E-state index in [4.69, 9.17) is 0 Å². The quantitative estimate of drug-likeness (QED) is 0.266. The standard InChI is InChI=1S/C19H30O3S/c1-3-4-5-6-7-8-9-10-11-12-13-14-15-16-17-18-19-22-23(2,20)21/h4-5,7-8,10-11,13-14,16-17H,3,6,9,12,15,18-19H2,1-2H3/b5-4-,8-7-,11-10-,14-13-,17-16-. The van der Waals surface area contributed by atoms with Crippen molar-refractivity contribution < 1.29 is 12.6 Å². The molecule has 0 N–H and O–H groups in total. The summed E-state index contributed by atoms with van der Waals surface area (Å²) in [6.07, 6.45) is 27.8. The molecule has 23 heavy (non-hydrogen) atoms. The smallest absolute Gasteiger partial charge is 0.264 e. The SMILES string of the molecule is CC/C=C\C/C=C\C/C=C\C/C=C\C/C=C\CCOS(C)(=O)=O. The van der Waals surface area contributed by atoms with Crippen LogP contribution in [0, 0.1) is 0 Å². The van der Waals surface area contributed by atoms with Crippen molar-refractivity contribution in [2.75, 3.05) is 12.9 Å². The van der Waals surface area contributed by atoms with Gasteiger partial charge in [0.1, 0.15) is 0 Å². The van der Waals surface area contributed by atoms with Crippen LogP contribution in [0.3, 0.4) is 0 Å². The highest BCUT2D eigenvalue weighted by atomic mass is 32.2. The van der Waals surface area contributed by atoms with Crippen LogP contribution >= 0.6 is 0 Å². The third-order valence-electron chi connectivity index (χ3n) is 2.74. The lowest BCUT2D eigenvalue weighted by atomic mass is 10.2. The minimum absolute atomic E-state index is 0.212. The van der Waals surface area contributed by atoms with Gasteiger partial charge in [-0.15, -0.1) is 0 Å². The third kappa shape index (κ3) is 20.6. The van der Waals surface area contributed by atoms with E-state index in [1.54, 1.807) is 0 Å². The summed E-state index contributed by atoms with van der Waals surface area (Å²) in [7, 11) is -3.31. The lowest BCUT2D eigenvalue weighted by Crippen LogP contribution is -2.02. The average molecular weight is 339 g/mol. The van der Waals surface area contributed by atoms with Gasteiger partial charge in [0.05, 0.1) is 12.9 Å². The van der Waals surface area contributed by atoms with Crippen LogP contribution in [0.15, 0.2) is 60.8 Å². The Labute approximate surface area is 142 Å². The number of hydrogen-bond acceptors (Lipinski definition) is 3. The van der Waals surface area contributed by atoms with E-state index in [-0.39, 0.29) is 6.61 Å². The fraction of sp³-hybridized carbons (Fsp3) is 0.474. The van der Waals surface area contributed by atoms with Crippen LogP contribution in [0.5, 0.6) is 0 Å². The summed E-state index contributed by atoms with van der Waals surface area (Å²) in [5, 5.41) is 0. The molecule has 0 aliphatic heterocycles. The van der Waals surface area contributed by atoms with Crippen molar-refractivity contribution in [3.63, 3.8) is 0 Å². The summed E-state index contributed by atoms with van der Waals surface area (Å²) < 4.78 is 26.1. The summed E-state index contributed by atoms with van der Waals surface area (Å²) in [5.41, 5.74) is 0. The molecule has 0 bridgehead atoms. The number of allylic oxidation sites excluding steroid dienone is 9. The van der Waals surface area contributed by atoms with E-state index in [1.165, 1.54) is 0 Å². The van der Waals surface area contributed by atoms with Gasteiger partial charge in [0.15, 0.2) is 0 Å². The Morgan fingerprint density at radius 1 is 0.696 bits per heavy atom. The Morgan fingerprint density at radius 2 is 1.09 bits per heavy atom. The second kappa shape index (κ2) is 15.5. The monoisotopic (exact) mass is 338 g/mol. The Kier molecular flexibility index (Phi) is 14.6. The van der Waals surface area contributed by atoms with Crippen LogP contribution in [0.1, 0.15) is 45.4 Å². The molecule has 0 aliphatic rings. The van der Waals surface area contributed by atoms with Crippen LogP contribution in [0.4, 0.5) is 0 Å². The minimum atomic E-state index is -3.31. The van der Waals surface area contributed by atoms with E-state index < -0.39 is 10.1 Å². The second-order valence-corrected chi connectivity index (χ2v) is 6.67. The maximum absolute atomic E-state index is 10.7. The molecule has 0 spiro atoms. The Balaban J connectivity index is 3.53. The highest BCUT2D eigenvalue weighted by molar-refractivity contribution is 7.85. The van der Waals surface area contributed by atoms with Gasteiger partial charge in [-0.2, -0.15) is 8.42 Å². The molecule has 0 radical (unpaired) electrons. The van der Waals surface area contributed by atoms with Gasteiger partial charge >= 0.3 is 0 Å². The summed E-state index contributed by atoms with van der Waals surface area (Å²) in [6, 6.07) is 0. The maximum Gasteiger partial charge on any atom is 0.264 e. The lowest BCUT2D eigenvalue weighted by molar-refractivity contribution is 0.328. The predicted molar refractivity (Wildman–Crippen MR) is 99.9 cm³/mol. The molecule has 3 nitrogen and oxygen atoms in total. The molecule has 0 atom stereocenters. The average Bonchev–Trinajstić information content (AvgIpc) is 2.49. The van der Waals surface area contributed by atoms with Crippen molar-refractivity contribution in [2.24, 2.45) is 0 Å². The van der Waals surface area contributed by atoms with Crippen LogP contribution in [0.2, 0.25) is 0 Å². The van der Waals surface area contributed by atoms with Crippen molar-refractivity contribution in [1.29, 1.82) is 0 Å². The van der Waals surface area contributed by atoms with Crippen molar-refractivity contribution in [3.8, 4) is 0 Å². The molecule has 0 unspecified atom stereocenters. The first kappa shape index (κ1) is 21.6. The summed E-state index contributed by atoms with van der Waals surface area (Å²) >= 11 is 0. The molecule has 0 fully saturated rings. The highest BCUT2D eigenvalue weighted by Gasteiger charge is 1.97. The lowest BCUT2D eigenvalue weighted by Gasteiger charge is -1.96. The van der Waals surface area contributed by atoms with Crippen molar-refractivity contribution in [1.82, 2.24) is 0 Å². The zero-order valence-corrected chi connectivity index (χ0v) is 15.2. The molecular formula is C19H30O3S. The van der Waals surface area contributed by atoms with Crippen molar-refractivity contribution >= 4 is 10.1 Å². The molecule has 0 aromatic heterocycles. The first-order valence-corrected chi connectivity index (χ1v) is 9.97. The van der Waals surface area contributed by atoms with Gasteiger partial charge < -0.3 is 0 Å². The van der Waals surface area contributed by atoms with E-state index in [9.17, 15) is 8.42 Å². The summed E-state index contributed by atoms with van der Waals surface area (Å²) in [6.45, 7) is 2.35. The third-order valence-corrected chi connectivity index (χ3v) is 3.33. The fourth-order valence-corrected chi connectivity index (χ4v) is 2.04. The van der Waals surface area contributed by atoms with E-state index in [1.807, 2.05) is 12.2 Å². The molecule has 0 aliphatic carbocycles. The summed E-state index contributed by atoms with van der Waals surface area (Å²) in [5.74, 6) is 0. The van der Waals surface area contributed by atoms with Gasteiger partial charge in [-0.25, -0.2) is 0 Å².